The SMILES string of the molecule is CCCC[C@@H]1Nc2ncnc(N(CC)C3CCCCC3)c2N(CCCC)C1=O. The molecule has 1 atom stereocenters. The number of carbonyl (C=O) groups is 1. The van der Waals surface area contributed by atoms with Crippen LogP contribution in [0.2, 0.25) is 0 Å². The van der Waals surface area contributed by atoms with E-state index in [1.807, 2.05) is 4.90 Å². The Labute approximate surface area is 170 Å². The topological polar surface area (TPSA) is 61.4 Å². The number of hydrogen-bond donors (Lipinski definition) is 1. The Morgan fingerprint density at radius 3 is 2.54 bits per heavy atom. The molecule has 0 spiro atoms. The van der Waals surface area contributed by atoms with Gasteiger partial charge in [-0.05, 0) is 32.6 Å². The maximum Gasteiger partial charge on any atom is 0.249 e. The van der Waals surface area contributed by atoms with Crippen LogP contribution in [0.1, 0.15) is 85.0 Å². The molecule has 0 unspecified atom stereocenters. The van der Waals surface area contributed by atoms with Crippen molar-refractivity contribution >= 4 is 23.2 Å². The quantitative estimate of drug-likeness (QED) is 0.662. The maximum atomic E-state index is 13.3. The van der Waals surface area contributed by atoms with Crippen molar-refractivity contribution in [1.82, 2.24) is 9.97 Å². The lowest BCUT2D eigenvalue weighted by molar-refractivity contribution is -0.119. The predicted molar refractivity (Wildman–Crippen MR) is 116 cm³/mol. The number of aromatic nitrogens is 2. The largest absolute Gasteiger partial charge is 0.356 e. The second kappa shape index (κ2) is 10.1. The van der Waals surface area contributed by atoms with Gasteiger partial charge in [0.2, 0.25) is 5.91 Å². The van der Waals surface area contributed by atoms with Gasteiger partial charge in [-0.1, -0.05) is 52.4 Å². The molecule has 28 heavy (non-hydrogen) atoms. The number of hydrogen-bond acceptors (Lipinski definition) is 5. The number of fused-ring (bicyclic) bond motifs is 1. The number of unbranched alkanes of at least 4 members (excludes halogenated alkanes) is 2. The molecule has 0 aromatic carbocycles. The minimum atomic E-state index is -0.170. The van der Waals surface area contributed by atoms with E-state index in [4.69, 9.17) is 4.98 Å². The normalized spacial score (nSPS) is 20.0. The Morgan fingerprint density at radius 2 is 1.86 bits per heavy atom. The van der Waals surface area contributed by atoms with Gasteiger partial charge in [-0.3, -0.25) is 4.79 Å². The number of amides is 1. The molecule has 1 amide bonds. The summed E-state index contributed by atoms with van der Waals surface area (Å²) in [6.45, 7) is 8.19. The average Bonchev–Trinajstić information content (AvgIpc) is 2.73. The molecule has 2 aliphatic rings. The lowest BCUT2D eigenvalue weighted by Gasteiger charge is -2.40. The van der Waals surface area contributed by atoms with Gasteiger partial charge < -0.3 is 15.1 Å². The van der Waals surface area contributed by atoms with Crippen molar-refractivity contribution in [2.24, 2.45) is 0 Å². The first-order valence-corrected chi connectivity index (χ1v) is 11.4. The first-order chi connectivity index (χ1) is 13.7. The van der Waals surface area contributed by atoms with Crippen LogP contribution in [0.5, 0.6) is 0 Å². The third kappa shape index (κ3) is 4.41. The van der Waals surface area contributed by atoms with E-state index in [0.29, 0.717) is 6.04 Å². The molecule has 1 aromatic rings. The van der Waals surface area contributed by atoms with Gasteiger partial charge in [-0.15, -0.1) is 0 Å². The highest BCUT2D eigenvalue weighted by molar-refractivity contribution is 6.07. The van der Waals surface area contributed by atoms with E-state index in [1.54, 1.807) is 6.33 Å². The Morgan fingerprint density at radius 1 is 1.11 bits per heavy atom. The van der Waals surface area contributed by atoms with Crippen LogP contribution < -0.4 is 15.1 Å². The third-order valence-electron chi connectivity index (χ3n) is 6.16. The lowest BCUT2D eigenvalue weighted by atomic mass is 9.94. The van der Waals surface area contributed by atoms with E-state index < -0.39 is 0 Å². The van der Waals surface area contributed by atoms with Gasteiger partial charge in [-0.25, -0.2) is 9.97 Å². The van der Waals surface area contributed by atoms with Crippen molar-refractivity contribution in [2.45, 2.75) is 97.1 Å². The molecule has 1 aromatic heterocycles. The zero-order valence-electron chi connectivity index (χ0n) is 17.9. The van der Waals surface area contributed by atoms with Crippen molar-refractivity contribution in [3.8, 4) is 0 Å². The Kier molecular flexibility index (Phi) is 7.51. The summed E-state index contributed by atoms with van der Waals surface area (Å²) >= 11 is 0. The molecule has 1 N–H and O–H groups in total. The van der Waals surface area contributed by atoms with Gasteiger partial charge in [0.1, 0.15) is 18.1 Å². The summed E-state index contributed by atoms with van der Waals surface area (Å²) in [5.41, 5.74) is 0.904. The molecule has 2 heterocycles. The smallest absolute Gasteiger partial charge is 0.249 e. The molecule has 1 fully saturated rings. The highest BCUT2D eigenvalue weighted by atomic mass is 16.2. The summed E-state index contributed by atoms with van der Waals surface area (Å²) in [5.74, 6) is 1.95. The Hall–Kier alpha value is -1.85. The summed E-state index contributed by atoms with van der Waals surface area (Å²) in [6, 6.07) is 0.343. The van der Waals surface area contributed by atoms with E-state index >= 15 is 0 Å². The molecule has 6 heteroatoms. The van der Waals surface area contributed by atoms with Crippen LogP contribution in [0.3, 0.4) is 0 Å². The number of nitrogens with zero attached hydrogens (tertiary/aromatic N) is 4. The van der Waals surface area contributed by atoms with Crippen molar-refractivity contribution in [1.29, 1.82) is 0 Å². The van der Waals surface area contributed by atoms with Gasteiger partial charge in [0.15, 0.2) is 11.6 Å². The molecule has 0 bridgehead atoms. The second-order valence-corrected chi connectivity index (χ2v) is 8.15. The van der Waals surface area contributed by atoms with Crippen LogP contribution in [-0.4, -0.2) is 41.0 Å². The second-order valence-electron chi connectivity index (χ2n) is 8.15. The fraction of sp³-hybridized carbons (Fsp3) is 0.773. The number of carbonyl (C=O) groups excluding carboxylic acids is 1. The van der Waals surface area contributed by atoms with E-state index in [0.717, 1.165) is 62.5 Å². The van der Waals surface area contributed by atoms with Gasteiger partial charge in [-0.2, -0.15) is 0 Å². The molecule has 3 rings (SSSR count). The van der Waals surface area contributed by atoms with Crippen LogP contribution in [0, 0.1) is 0 Å². The molecular weight excluding hydrogens is 350 g/mol. The van der Waals surface area contributed by atoms with Crippen LogP contribution >= 0.6 is 0 Å². The Balaban J connectivity index is 1.97. The summed E-state index contributed by atoms with van der Waals surface area (Å²) in [4.78, 5) is 27.0. The molecule has 156 valence electrons. The first-order valence-electron chi connectivity index (χ1n) is 11.4. The van der Waals surface area contributed by atoms with Crippen molar-refractivity contribution in [2.75, 3.05) is 28.2 Å². The minimum Gasteiger partial charge on any atom is -0.356 e. The van der Waals surface area contributed by atoms with Gasteiger partial charge in [0.25, 0.3) is 0 Å². The van der Waals surface area contributed by atoms with E-state index in [9.17, 15) is 4.79 Å². The number of rotatable bonds is 9. The Bertz CT molecular complexity index is 644. The van der Waals surface area contributed by atoms with E-state index in [1.165, 1.54) is 32.1 Å². The molecular formula is C22H37N5O. The molecule has 6 nitrogen and oxygen atoms in total. The number of anilines is 3. The molecule has 1 aliphatic heterocycles. The lowest BCUT2D eigenvalue weighted by Crippen LogP contribution is -2.49. The van der Waals surface area contributed by atoms with Crippen LogP contribution in [0.4, 0.5) is 17.3 Å². The highest BCUT2D eigenvalue weighted by Crippen LogP contribution is 2.40. The van der Waals surface area contributed by atoms with Crippen LogP contribution in [-0.2, 0) is 4.79 Å². The van der Waals surface area contributed by atoms with E-state index in [-0.39, 0.29) is 11.9 Å². The summed E-state index contributed by atoms with van der Waals surface area (Å²) < 4.78 is 0. The van der Waals surface area contributed by atoms with Crippen molar-refractivity contribution in [3.05, 3.63) is 6.33 Å². The van der Waals surface area contributed by atoms with E-state index in [2.05, 4.69) is 36.0 Å². The standard InChI is InChI=1S/C22H37N5O/c1-4-7-14-18-22(28)27(15-8-5-2)19-20(25-18)23-16-24-21(19)26(6-3)17-12-10-9-11-13-17/h16-18H,4-15H2,1-3H3,(H,23,24,25)/t18-/m0/s1. The predicted octanol–water partition coefficient (Wildman–Crippen LogP) is 4.75. The van der Waals surface area contributed by atoms with Crippen molar-refractivity contribution in [3.63, 3.8) is 0 Å². The molecule has 0 saturated heterocycles. The van der Waals surface area contributed by atoms with Crippen LogP contribution in [0.15, 0.2) is 6.33 Å². The molecule has 1 aliphatic carbocycles. The fourth-order valence-electron chi connectivity index (χ4n) is 4.57. The zero-order valence-corrected chi connectivity index (χ0v) is 17.9. The van der Waals surface area contributed by atoms with Crippen molar-refractivity contribution < 1.29 is 4.79 Å². The third-order valence-corrected chi connectivity index (χ3v) is 6.16. The zero-order chi connectivity index (χ0) is 19.9. The molecule has 0 radical (unpaired) electrons. The van der Waals surface area contributed by atoms with Crippen LogP contribution in [0.25, 0.3) is 0 Å². The maximum absolute atomic E-state index is 13.3. The monoisotopic (exact) mass is 387 g/mol. The highest BCUT2D eigenvalue weighted by Gasteiger charge is 2.37. The minimum absolute atomic E-state index is 0.170. The fourth-order valence-corrected chi connectivity index (χ4v) is 4.57. The van der Waals surface area contributed by atoms with Gasteiger partial charge in [0, 0.05) is 19.1 Å². The van der Waals surface area contributed by atoms with Gasteiger partial charge in [0.05, 0.1) is 0 Å². The summed E-state index contributed by atoms with van der Waals surface area (Å²) in [6.07, 6.45) is 13.0. The summed E-state index contributed by atoms with van der Waals surface area (Å²) in [7, 11) is 0. The average molecular weight is 388 g/mol. The van der Waals surface area contributed by atoms with Gasteiger partial charge >= 0.3 is 0 Å². The number of nitrogens with one attached hydrogen (secondary N) is 1. The molecule has 1 saturated carbocycles. The summed E-state index contributed by atoms with van der Waals surface area (Å²) in [5, 5.41) is 3.44. The first kappa shape index (κ1) is 20.9.